The minimum atomic E-state index is 0.240. The van der Waals surface area contributed by atoms with Crippen LogP contribution in [0.5, 0.6) is 0 Å². The van der Waals surface area contributed by atoms with Crippen LogP contribution in [0.4, 0.5) is 0 Å². The second kappa shape index (κ2) is 6.04. The Bertz CT molecular complexity index is 638. The third kappa shape index (κ3) is 3.16. The van der Waals surface area contributed by atoms with Crippen LogP contribution >= 0.6 is 0 Å². The predicted octanol–water partition coefficient (Wildman–Crippen LogP) is 4.74. The largest absolute Gasteiger partial charge is 0.294 e. The molecule has 0 aromatic heterocycles. The molecule has 1 heteroatoms. The lowest BCUT2D eigenvalue weighted by atomic mass is 9.96. The molecule has 0 aliphatic carbocycles. The number of benzene rings is 2. The topological polar surface area (TPSA) is 17.1 Å². The van der Waals surface area contributed by atoms with Crippen molar-refractivity contribution >= 4 is 5.78 Å². The molecule has 1 nitrogen and oxygen atoms in total. The molecule has 0 fully saturated rings. The van der Waals surface area contributed by atoms with Crippen LogP contribution in [0, 0.1) is 27.7 Å². The average molecular weight is 266 g/mol. The highest BCUT2D eigenvalue weighted by Crippen LogP contribution is 2.17. The van der Waals surface area contributed by atoms with Crippen LogP contribution in [-0.4, -0.2) is 5.78 Å². The summed E-state index contributed by atoms with van der Waals surface area (Å²) in [6, 6.07) is 12.4. The average Bonchev–Trinajstić information content (AvgIpc) is 2.43. The highest BCUT2D eigenvalue weighted by atomic mass is 16.1. The Kier molecular flexibility index (Phi) is 4.39. The molecule has 0 saturated heterocycles. The number of hydrogen-bond donors (Lipinski definition) is 0. The minimum Gasteiger partial charge on any atom is -0.294 e. The molecule has 0 aliphatic rings. The van der Waals surface area contributed by atoms with Gasteiger partial charge in [-0.3, -0.25) is 4.79 Å². The van der Waals surface area contributed by atoms with Crippen molar-refractivity contribution in [3.05, 3.63) is 69.8 Å². The van der Waals surface area contributed by atoms with Gasteiger partial charge in [-0.15, -0.1) is 0 Å². The van der Waals surface area contributed by atoms with Gasteiger partial charge in [0.2, 0.25) is 0 Å². The second-order valence-corrected chi connectivity index (χ2v) is 5.59. The molecule has 0 saturated carbocycles. The van der Waals surface area contributed by atoms with Gasteiger partial charge < -0.3 is 0 Å². The second-order valence-electron chi connectivity index (χ2n) is 5.59. The molecule has 0 spiro atoms. The molecular weight excluding hydrogens is 244 g/mol. The van der Waals surface area contributed by atoms with E-state index in [2.05, 4.69) is 45.0 Å². The van der Waals surface area contributed by atoms with Crippen molar-refractivity contribution in [1.29, 1.82) is 0 Å². The molecule has 0 amide bonds. The van der Waals surface area contributed by atoms with E-state index in [9.17, 15) is 4.79 Å². The van der Waals surface area contributed by atoms with Gasteiger partial charge in [-0.05, 0) is 61.9 Å². The van der Waals surface area contributed by atoms with E-state index in [0.717, 1.165) is 17.5 Å². The smallest absolute Gasteiger partial charge is 0.163 e. The SMILES string of the molecule is Cc1ccc(CCC(=O)c2cccc(C)c2C)cc1C. The normalized spacial score (nSPS) is 10.6. The highest BCUT2D eigenvalue weighted by Gasteiger charge is 2.10. The molecule has 2 rings (SSSR count). The Morgan fingerprint density at radius 1 is 0.900 bits per heavy atom. The molecule has 2 aromatic rings. The number of carbonyl (C=O) groups excluding carboxylic acids is 1. The lowest BCUT2D eigenvalue weighted by Gasteiger charge is -2.08. The molecule has 0 unspecified atom stereocenters. The van der Waals surface area contributed by atoms with Crippen LogP contribution < -0.4 is 0 Å². The third-order valence-corrected chi connectivity index (χ3v) is 4.12. The zero-order valence-corrected chi connectivity index (χ0v) is 12.8. The highest BCUT2D eigenvalue weighted by molar-refractivity contribution is 5.97. The summed E-state index contributed by atoms with van der Waals surface area (Å²) in [5, 5.41) is 0. The van der Waals surface area contributed by atoms with Gasteiger partial charge in [-0.1, -0.05) is 36.4 Å². The predicted molar refractivity (Wildman–Crippen MR) is 84.5 cm³/mol. The molecule has 20 heavy (non-hydrogen) atoms. The Morgan fingerprint density at radius 3 is 2.35 bits per heavy atom. The molecule has 2 aromatic carbocycles. The zero-order chi connectivity index (χ0) is 14.7. The van der Waals surface area contributed by atoms with Crippen molar-refractivity contribution in [3.8, 4) is 0 Å². The standard InChI is InChI=1S/C19H22O/c1-13-8-9-17(12-15(13)3)10-11-19(20)18-7-5-6-14(2)16(18)4/h5-9,12H,10-11H2,1-4H3. The van der Waals surface area contributed by atoms with Gasteiger partial charge in [-0.25, -0.2) is 0 Å². The van der Waals surface area contributed by atoms with Crippen molar-refractivity contribution in [2.24, 2.45) is 0 Å². The van der Waals surface area contributed by atoms with Crippen molar-refractivity contribution in [3.63, 3.8) is 0 Å². The first kappa shape index (κ1) is 14.5. The molecule has 0 bridgehead atoms. The van der Waals surface area contributed by atoms with Crippen LogP contribution in [0.25, 0.3) is 0 Å². The summed E-state index contributed by atoms with van der Waals surface area (Å²) >= 11 is 0. The first-order valence-electron chi connectivity index (χ1n) is 7.14. The number of Topliss-reactive ketones (excluding diaryl/α,β-unsaturated/α-hetero) is 1. The van der Waals surface area contributed by atoms with Gasteiger partial charge in [0.05, 0.1) is 0 Å². The maximum atomic E-state index is 12.3. The van der Waals surface area contributed by atoms with Crippen LogP contribution in [0.3, 0.4) is 0 Å². The first-order valence-corrected chi connectivity index (χ1v) is 7.14. The monoisotopic (exact) mass is 266 g/mol. The van der Waals surface area contributed by atoms with E-state index in [0.29, 0.717) is 6.42 Å². The quantitative estimate of drug-likeness (QED) is 0.731. The van der Waals surface area contributed by atoms with Crippen LogP contribution in [0.2, 0.25) is 0 Å². The molecule has 0 aliphatic heterocycles. The van der Waals surface area contributed by atoms with E-state index in [-0.39, 0.29) is 5.78 Å². The molecule has 104 valence electrons. The molecule has 0 heterocycles. The van der Waals surface area contributed by atoms with Gasteiger partial charge in [0, 0.05) is 12.0 Å². The van der Waals surface area contributed by atoms with E-state index in [4.69, 9.17) is 0 Å². The summed E-state index contributed by atoms with van der Waals surface area (Å²) in [7, 11) is 0. The fourth-order valence-corrected chi connectivity index (χ4v) is 2.40. The van der Waals surface area contributed by atoms with Crippen molar-refractivity contribution in [2.45, 2.75) is 40.5 Å². The van der Waals surface area contributed by atoms with Gasteiger partial charge in [0.25, 0.3) is 0 Å². The minimum absolute atomic E-state index is 0.240. The summed E-state index contributed by atoms with van der Waals surface area (Å²) in [5.41, 5.74) is 7.00. The van der Waals surface area contributed by atoms with Crippen LogP contribution in [0.15, 0.2) is 36.4 Å². The van der Waals surface area contributed by atoms with E-state index in [1.54, 1.807) is 0 Å². The number of carbonyl (C=O) groups is 1. The summed E-state index contributed by atoms with van der Waals surface area (Å²) in [6.45, 7) is 8.31. The molecule has 0 atom stereocenters. The van der Waals surface area contributed by atoms with Crippen molar-refractivity contribution in [2.75, 3.05) is 0 Å². The number of rotatable bonds is 4. The fraction of sp³-hybridized carbons (Fsp3) is 0.316. The van der Waals surface area contributed by atoms with E-state index < -0.39 is 0 Å². The summed E-state index contributed by atoms with van der Waals surface area (Å²) in [4.78, 5) is 12.3. The number of hydrogen-bond acceptors (Lipinski definition) is 1. The van der Waals surface area contributed by atoms with Gasteiger partial charge >= 0.3 is 0 Å². The fourth-order valence-electron chi connectivity index (χ4n) is 2.40. The van der Waals surface area contributed by atoms with Gasteiger partial charge in [0.15, 0.2) is 5.78 Å². The third-order valence-electron chi connectivity index (χ3n) is 4.12. The summed E-state index contributed by atoms with van der Waals surface area (Å²) in [6.07, 6.45) is 1.39. The maximum Gasteiger partial charge on any atom is 0.163 e. The van der Waals surface area contributed by atoms with Crippen molar-refractivity contribution < 1.29 is 4.79 Å². The Hall–Kier alpha value is -1.89. The molecule has 0 radical (unpaired) electrons. The Labute approximate surface area is 121 Å². The lowest BCUT2D eigenvalue weighted by molar-refractivity contribution is 0.0982. The van der Waals surface area contributed by atoms with Gasteiger partial charge in [0.1, 0.15) is 0 Å². The number of aryl methyl sites for hydroxylation is 4. The Balaban J connectivity index is 2.08. The van der Waals surface area contributed by atoms with E-state index in [1.165, 1.54) is 22.3 Å². The van der Waals surface area contributed by atoms with Crippen molar-refractivity contribution in [1.82, 2.24) is 0 Å². The van der Waals surface area contributed by atoms with E-state index >= 15 is 0 Å². The van der Waals surface area contributed by atoms with E-state index in [1.807, 2.05) is 19.1 Å². The molecular formula is C19H22O. The molecule has 0 N–H and O–H groups in total. The summed E-state index contributed by atoms with van der Waals surface area (Å²) < 4.78 is 0. The zero-order valence-electron chi connectivity index (χ0n) is 12.8. The van der Waals surface area contributed by atoms with Gasteiger partial charge in [-0.2, -0.15) is 0 Å². The number of ketones is 1. The Morgan fingerprint density at radius 2 is 1.65 bits per heavy atom. The lowest BCUT2D eigenvalue weighted by Crippen LogP contribution is -2.04. The first-order chi connectivity index (χ1) is 9.49. The van der Waals surface area contributed by atoms with Crippen LogP contribution in [-0.2, 0) is 6.42 Å². The maximum absolute atomic E-state index is 12.3. The summed E-state index contributed by atoms with van der Waals surface area (Å²) in [5.74, 6) is 0.240. The van der Waals surface area contributed by atoms with Crippen LogP contribution in [0.1, 0.15) is 44.6 Å².